The predicted molar refractivity (Wildman–Crippen MR) is 79.6 cm³/mol. The summed E-state index contributed by atoms with van der Waals surface area (Å²) < 4.78 is 0. The Morgan fingerprint density at radius 2 is 1.25 bits per heavy atom. The molecule has 2 aromatic rings. The van der Waals surface area contributed by atoms with Crippen molar-refractivity contribution in [3.63, 3.8) is 0 Å². The van der Waals surface area contributed by atoms with Crippen LogP contribution in [0.25, 0.3) is 0 Å². The number of primary amides is 1. The van der Waals surface area contributed by atoms with E-state index in [-0.39, 0.29) is 0 Å². The monoisotopic (exact) mass is 260 g/mol. The van der Waals surface area contributed by atoms with Gasteiger partial charge in [0, 0.05) is 22.4 Å². The number of hydrogen-bond donors (Lipinski definition) is 2. The maximum absolute atomic E-state index is 10.9. The summed E-state index contributed by atoms with van der Waals surface area (Å²) in [5.41, 5.74) is 13.5. The minimum absolute atomic E-state index is 0.451. The van der Waals surface area contributed by atoms with Crippen LogP contribution in [0.2, 0.25) is 0 Å². The van der Waals surface area contributed by atoms with Gasteiger partial charge in [-0.2, -0.15) is 0 Å². The first-order chi connectivity index (χ1) is 9.65. The van der Waals surface area contributed by atoms with Gasteiger partial charge in [-0.25, -0.2) is 0 Å². The maximum atomic E-state index is 10.9. The van der Waals surface area contributed by atoms with E-state index in [0.29, 0.717) is 11.3 Å². The topological polar surface area (TPSA) is 69.1 Å². The highest BCUT2D eigenvalue weighted by Gasteiger charge is 1.97. The van der Waals surface area contributed by atoms with E-state index in [9.17, 15) is 4.79 Å². The van der Waals surface area contributed by atoms with E-state index in [1.54, 1.807) is 36.4 Å². The summed E-state index contributed by atoms with van der Waals surface area (Å²) in [5, 5.41) is 0. The number of amides is 1. The molecule has 20 heavy (non-hydrogen) atoms. The number of carbonyl (C=O) groups excluding carboxylic acids is 1. The van der Waals surface area contributed by atoms with E-state index >= 15 is 0 Å². The Bertz CT molecular complexity index is 736. The third-order valence-corrected chi connectivity index (χ3v) is 2.56. The lowest BCUT2D eigenvalue weighted by molar-refractivity contribution is 0.100. The molecule has 0 aliphatic carbocycles. The number of anilines is 1. The molecule has 0 aliphatic heterocycles. The zero-order valence-corrected chi connectivity index (χ0v) is 10.7. The molecule has 0 heterocycles. The van der Waals surface area contributed by atoms with Crippen LogP contribution in [0.15, 0.2) is 48.5 Å². The van der Waals surface area contributed by atoms with Crippen LogP contribution >= 0.6 is 0 Å². The molecule has 0 fully saturated rings. The number of hydrogen-bond acceptors (Lipinski definition) is 2. The van der Waals surface area contributed by atoms with Gasteiger partial charge in [0.05, 0.1) is 0 Å². The highest BCUT2D eigenvalue weighted by atomic mass is 16.1. The summed E-state index contributed by atoms with van der Waals surface area (Å²) in [4.78, 5) is 10.9. The van der Waals surface area contributed by atoms with E-state index < -0.39 is 5.91 Å². The molecule has 0 saturated heterocycles. The maximum Gasteiger partial charge on any atom is 0.248 e. The van der Waals surface area contributed by atoms with E-state index in [1.807, 2.05) is 12.1 Å². The summed E-state index contributed by atoms with van der Waals surface area (Å²) >= 11 is 0. The van der Waals surface area contributed by atoms with Crippen molar-refractivity contribution in [2.75, 3.05) is 5.73 Å². The van der Waals surface area contributed by atoms with Crippen LogP contribution < -0.4 is 11.5 Å². The van der Waals surface area contributed by atoms with Crippen molar-refractivity contribution in [2.45, 2.75) is 0 Å². The molecule has 0 radical (unpaired) electrons. The van der Waals surface area contributed by atoms with Gasteiger partial charge in [-0.15, -0.1) is 0 Å². The average molecular weight is 260 g/mol. The first kappa shape index (κ1) is 13.3. The van der Waals surface area contributed by atoms with Crippen molar-refractivity contribution in [3.05, 3.63) is 65.2 Å². The smallest absolute Gasteiger partial charge is 0.248 e. The molecule has 0 aromatic heterocycles. The predicted octanol–water partition coefficient (Wildman–Crippen LogP) is 1.77. The van der Waals surface area contributed by atoms with Crippen LogP contribution in [0, 0.1) is 23.7 Å². The minimum atomic E-state index is -0.451. The normalized spacial score (nSPS) is 8.80. The quantitative estimate of drug-likeness (QED) is 0.606. The first-order valence-electron chi connectivity index (χ1n) is 5.92. The van der Waals surface area contributed by atoms with Crippen molar-refractivity contribution in [1.82, 2.24) is 0 Å². The van der Waals surface area contributed by atoms with Crippen molar-refractivity contribution in [1.29, 1.82) is 0 Å². The van der Waals surface area contributed by atoms with E-state index in [4.69, 9.17) is 11.5 Å². The average Bonchev–Trinajstić information content (AvgIpc) is 2.46. The summed E-state index contributed by atoms with van der Waals surface area (Å²) in [6.45, 7) is 0. The fourth-order valence-corrected chi connectivity index (χ4v) is 1.49. The fourth-order valence-electron chi connectivity index (χ4n) is 1.49. The molecule has 0 unspecified atom stereocenters. The second-order valence-corrected chi connectivity index (χ2v) is 4.06. The lowest BCUT2D eigenvalue weighted by atomic mass is 10.1. The lowest BCUT2D eigenvalue weighted by Crippen LogP contribution is -2.10. The minimum Gasteiger partial charge on any atom is -0.399 e. The molecule has 4 N–H and O–H groups in total. The first-order valence-corrected chi connectivity index (χ1v) is 5.92. The molecule has 1 amide bonds. The molecule has 0 atom stereocenters. The number of nitrogens with two attached hydrogens (primary N) is 2. The van der Waals surface area contributed by atoms with Gasteiger partial charge >= 0.3 is 0 Å². The van der Waals surface area contributed by atoms with E-state index in [0.717, 1.165) is 11.1 Å². The highest BCUT2D eigenvalue weighted by molar-refractivity contribution is 5.92. The molecule has 0 saturated carbocycles. The molecule has 96 valence electrons. The zero-order chi connectivity index (χ0) is 14.4. The second kappa shape index (κ2) is 6.13. The molecular weight excluding hydrogens is 248 g/mol. The summed E-state index contributed by atoms with van der Waals surface area (Å²) in [7, 11) is 0. The van der Waals surface area contributed by atoms with Crippen LogP contribution in [0.4, 0.5) is 5.69 Å². The molecular formula is C17H12N2O. The van der Waals surface area contributed by atoms with E-state index in [2.05, 4.69) is 23.7 Å². The number of nitrogen functional groups attached to an aromatic ring is 1. The van der Waals surface area contributed by atoms with Crippen LogP contribution in [-0.4, -0.2) is 5.91 Å². The molecule has 2 aromatic carbocycles. The SMILES string of the molecule is NC(=O)c1ccc(C#CC#Cc2ccc(N)cc2)cc1. The van der Waals surface area contributed by atoms with Crippen LogP contribution in [-0.2, 0) is 0 Å². The number of carbonyl (C=O) groups is 1. The second-order valence-electron chi connectivity index (χ2n) is 4.06. The Morgan fingerprint density at radius 1 is 0.800 bits per heavy atom. The standard InChI is InChI=1S/C17H12N2O/c18-16-11-7-14(8-12-16)4-2-1-3-13-5-9-15(10-6-13)17(19)20/h5-12H,18H2,(H2,19,20). The van der Waals surface area contributed by atoms with Gasteiger partial charge < -0.3 is 11.5 Å². The third kappa shape index (κ3) is 3.66. The van der Waals surface area contributed by atoms with Crippen LogP contribution in [0.1, 0.15) is 21.5 Å². The van der Waals surface area contributed by atoms with Crippen molar-refractivity contribution in [2.24, 2.45) is 5.73 Å². The van der Waals surface area contributed by atoms with E-state index in [1.165, 1.54) is 0 Å². The van der Waals surface area contributed by atoms with Gasteiger partial charge in [0.1, 0.15) is 0 Å². The van der Waals surface area contributed by atoms with Crippen molar-refractivity contribution < 1.29 is 4.79 Å². The highest BCUT2D eigenvalue weighted by Crippen LogP contribution is 2.03. The number of rotatable bonds is 1. The Kier molecular flexibility index (Phi) is 4.07. The van der Waals surface area contributed by atoms with Crippen molar-refractivity contribution in [3.8, 4) is 23.7 Å². The Labute approximate surface area is 117 Å². The summed E-state index contributed by atoms with van der Waals surface area (Å²) in [5.74, 6) is 10.9. The Balaban J connectivity index is 2.08. The van der Waals surface area contributed by atoms with Gasteiger partial charge in [-0.1, -0.05) is 11.8 Å². The third-order valence-electron chi connectivity index (χ3n) is 2.56. The summed E-state index contributed by atoms with van der Waals surface area (Å²) in [6, 6.07) is 14.0. The van der Waals surface area contributed by atoms with Crippen LogP contribution in [0.3, 0.4) is 0 Å². The molecule has 3 heteroatoms. The molecule has 0 bridgehead atoms. The lowest BCUT2D eigenvalue weighted by Gasteiger charge is -1.93. The largest absolute Gasteiger partial charge is 0.399 e. The van der Waals surface area contributed by atoms with Gasteiger partial charge in [-0.05, 0) is 60.4 Å². The Morgan fingerprint density at radius 3 is 1.70 bits per heavy atom. The zero-order valence-electron chi connectivity index (χ0n) is 10.7. The molecule has 0 aliphatic rings. The number of benzene rings is 2. The van der Waals surface area contributed by atoms with Gasteiger partial charge in [-0.3, -0.25) is 4.79 Å². The molecule has 2 rings (SSSR count). The molecule has 0 spiro atoms. The van der Waals surface area contributed by atoms with Gasteiger partial charge in [0.15, 0.2) is 0 Å². The van der Waals surface area contributed by atoms with Crippen LogP contribution in [0.5, 0.6) is 0 Å². The Hall–Kier alpha value is -3.17. The van der Waals surface area contributed by atoms with Crippen molar-refractivity contribution >= 4 is 11.6 Å². The molecule has 3 nitrogen and oxygen atoms in total. The van der Waals surface area contributed by atoms with Gasteiger partial charge in [0.2, 0.25) is 5.91 Å². The summed E-state index contributed by atoms with van der Waals surface area (Å²) in [6.07, 6.45) is 0. The van der Waals surface area contributed by atoms with Gasteiger partial charge in [0.25, 0.3) is 0 Å². The fraction of sp³-hybridized carbons (Fsp3) is 0.